The molecule has 0 amide bonds. The zero-order valence-corrected chi connectivity index (χ0v) is 14.4. The molecule has 0 saturated heterocycles. The summed E-state index contributed by atoms with van der Waals surface area (Å²) < 4.78 is 11.0. The first-order valence-electron chi connectivity index (χ1n) is 7.84. The highest BCUT2D eigenvalue weighted by atomic mass is 16.5. The Morgan fingerprint density at radius 2 is 2.12 bits per heavy atom. The van der Waals surface area contributed by atoms with Gasteiger partial charge in [0.15, 0.2) is 5.96 Å². The van der Waals surface area contributed by atoms with Crippen LogP contribution in [-0.2, 0) is 6.54 Å². The fraction of sp³-hybridized carbons (Fsp3) is 0.333. The largest absolute Gasteiger partial charge is 0.496 e. The molecule has 0 aliphatic heterocycles. The van der Waals surface area contributed by atoms with Crippen molar-refractivity contribution in [2.45, 2.75) is 13.5 Å². The molecule has 128 valence electrons. The lowest BCUT2D eigenvalue weighted by atomic mass is 10.1. The lowest BCUT2D eigenvalue weighted by Gasteiger charge is -2.14. The van der Waals surface area contributed by atoms with Gasteiger partial charge in [-0.25, -0.2) is 0 Å². The van der Waals surface area contributed by atoms with Crippen LogP contribution in [0.2, 0.25) is 0 Å². The van der Waals surface area contributed by atoms with Crippen LogP contribution in [0.25, 0.3) is 0 Å². The number of hydrogen-bond donors (Lipinski definition) is 2. The van der Waals surface area contributed by atoms with Gasteiger partial charge in [-0.2, -0.15) is 0 Å². The number of nitrogens with one attached hydrogen (secondary N) is 2. The van der Waals surface area contributed by atoms with Crippen molar-refractivity contribution in [3.05, 3.63) is 53.9 Å². The van der Waals surface area contributed by atoms with Crippen molar-refractivity contribution in [2.24, 2.45) is 4.99 Å². The highest BCUT2D eigenvalue weighted by Crippen LogP contribution is 2.19. The number of nitrogens with zero attached hydrogens (tertiary/aromatic N) is 2. The summed E-state index contributed by atoms with van der Waals surface area (Å²) >= 11 is 0. The van der Waals surface area contributed by atoms with E-state index in [0.717, 1.165) is 17.1 Å². The van der Waals surface area contributed by atoms with Crippen LogP contribution in [0.5, 0.6) is 11.5 Å². The molecule has 0 atom stereocenters. The van der Waals surface area contributed by atoms with Gasteiger partial charge in [-0.1, -0.05) is 12.1 Å². The zero-order valence-electron chi connectivity index (χ0n) is 14.4. The van der Waals surface area contributed by atoms with Crippen LogP contribution in [0.15, 0.2) is 47.7 Å². The third-order valence-corrected chi connectivity index (χ3v) is 3.41. The van der Waals surface area contributed by atoms with Gasteiger partial charge < -0.3 is 20.1 Å². The molecular weight excluding hydrogens is 304 g/mol. The van der Waals surface area contributed by atoms with E-state index >= 15 is 0 Å². The minimum Gasteiger partial charge on any atom is -0.496 e. The Balaban J connectivity index is 1.76. The molecule has 0 fully saturated rings. The van der Waals surface area contributed by atoms with E-state index in [-0.39, 0.29) is 0 Å². The minimum absolute atomic E-state index is 0.528. The number of aromatic nitrogens is 1. The number of pyridine rings is 1. The molecule has 1 aromatic heterocycles. The average Bonchev–Trinajstić information content (AvgIpc) is 2.62. The molecule has 0 bridgehead atoms. The Morgan fingerprint density at radius 1 is 1.25 bits per heavy atom. The first kappa shape index (κ1) is 17.6. The van der Waals surface area contributed by atoms with Crippen LogP contribution in [-0.4, -0.2) is 38.3 Å². The molecule has 0 spiro atoms. The summed E-state index contributed by atoms with van der Waals surface area (Å²) in [6.07, 6.45) is 3.41. The Labute approximate surface area is 142 Å². The summed E-state index contributed by atoms with van der Waals surface area (Å²) in [5, 5.41) is 6.48. The van der Waals surface area contributed by atoms with E-state index in [1.54, 1.807) is 26.6 Å². The van der Waals surface area contributed by atoms with Crippen molar-refractivity contribution < 1.29 is 9.47 Å². The van der Waals surface area contributed by atoms with Crippen LogP contribution >= 0.6 is 0 Å². The molecule has 24 heavy (non-hydrogen) atoms. The van der Waals surface area contributed by atoms with E-state index in [2.05, 4.69) is 32.7 Å². The van der Waals surface area contributed by atoms with E-state index in [4.69, 9.17) is 9.47 Å². The predicted molar refractivity (Wildman–Crippen MR) is 95.7 cm³/mol. The van der Waals surface area contributed by atoms with Gasteiger partial charge in [0.2, 0.25) is 0 Å². The summed E-state index contributed by atoms with van der Waals surface area (Å²) in [7, 11) is 3.42. The van der Waals surface area contributed by atoms with Crippen molar-refractivity contribution in [2.75, 3.05) is 27.3 Å². The van der Waals surface area contributed by atoms with Gasteiger partial charge in [0.1, 0.15) is 18.1 Å². The fourth-order valence-electron chi connectivity index (χ4n) is 2.17. The van der Waals surface area contributed by atoms with E-state index in [0.29, 0.717) is 25.7 Å². The second-order valence-electron chi connectivity index (χ2n) is 5.21. The molecule has 1 heterocycles. The number of guanidine groups is 1. The van der Waals surface area contributed by atoms with Crippen molar-refractivity contribution in [1.29, 1.82) is 0 Å². The third-order valence-electron chi connectivity index (χ3n) is 3.41. The average molecular weight is 328 g/mol. The van der Waals surface area contributed by atoms with Gasteiger partial charge in [-0.05, 0) is 30.7 Å². The van der Waals surface area contributed by atoms with Crippen molar-refractivity contribution in [1.82, 2.24) is 15.6 Å². The monoisotopic (exact) mass is 328 g/mol. The summed E-state index contributed by atoms with van der Waals surface area (Å²) in [5.74, 6) is 2.34. The molecule has 0 aliphatic rings. The topological polar surface area (TPSA) is 67.8 Å². The highest BCUT2D eigenvalue weighted by molar-refractivity contribution is 5.79. The predicted octanol–water partition coefficient (Wildman–Crippen LogP) is 2.14. The number of aliphatic imine (C=N–C) groups is 1. The molecule has 1 aromatic carbocycles. The van der Waals surface area contributed by atoms with Crippen LogP contribution in [0.4, 0.5) is 0 Å². The van der Waals surface area contributed by atoms with Gasteiger partial charge in [-0.3, -0.25) is 9.98 Å². The molecule has 2 rings (SSSR count). The number of benzene rings is 1. The van der Waals surface area contributed by atoms with Gasteiger partial charge in [-0.15, -0.1) is 0 Å². The maximum Gasteiger partial charge on any atom is 0.191 e. The fourth-order valence-corrected chi connectivity index (χ4v) is 2.17. The molecule has 0 aliphatic carbocycles. The van der Waals surface area contributed by atoms with Crippen LogP contribution in [0, 0.1) is 6.92 Å². The molecule has 0 unspecified atom stereocenters. The second-order valence-corrected chi connectivity index (χ2v) is 5.21. The SMILES string of the molecule is CN=C(NCCOc1cccnc1)NCc1ccc(C)cc1OC. The van der Waals surface area contributed by atoms with Crippen molar-refractivity contribution in [3.8, 4) is 11.5 Å². The number of rotatable bonds is 7. The van der Waals surface area contributed by atoms with Crippen LogP contribution in [0.1, 0.15) is 11.1 Å². The standard InChI is InChI=1S/C18H24N4O2/c1-14-6-7-15(17(11-14)23-3)12-22-18(19-2)21-9-10-24-16-5-4-8-20-13-16/h4-8,11,13H,9-10,12H2,1-3H3,(H2,19,21,22). The van der Waals surface area contributed by atoms with E-state index < -0.39 is 0 Å². The van der Waals surface area contributed by atoms with Crippen molar-refractivity contribution in [3.63, 3.8) is 0 Å². The normalized spacial score (nSPS) is 11.0. The van der Waals surface area contributed by atoms with Gasteiger partial charge in [0, 0.05) is 25.4 Å². The number of hydrogen-bond acceptors (Lipinski definition) is 4. The summed E-state index contributed by atoms with van der Waals surface area (Å²) in [4.78, 5) is 8.21. The number of methoxy groups -OCH3 is 1. The molecule has 6 heteroatoms. The Bertz CT molecular complexity index is 659. The lowest BCUT2D eigenvalue weighted by molar-refractivity contribution is 0.320. The first-order valence-corrected chi connectivity index (χ1v) is 7.84. The van der Waals surface area contributed by atoms with E-state index in [9.17, 15) is 0 Å². The molecule has 2 aromatic rings. The highest BCUT2D eigenvalue weighted by Gasteiger charge is 2.04. The van der Waals surface area contributed by atoms with Gasteiger partial charge in [0.05, 0.1) is 19.9 Å². The number of ether oxygens (including phenoxy) is 2. The molecule has 2 N–H and O–H groups in total. The Hall–Kier alpha value is -2.76. The first-order chi connectivity index (χ1) is 11.7. The van der Waals surface area contributed by atoms with Gasteiger partial charge >= 0.3 is 0 Å². The quantitative estimate of drug-likeness (QED) is 0.463. The van der Waals surface area contributed by atoms with E-state index in [1.165, 1.54) is 5.56 Å². The smallest absolute Gasteiger partial charge is 0.191 e. The number of aryl methyl sites for hydroxylation is 1. The molecule has 0 radical (unpaired) electrons. The van der Waals surface area contributed by atoms with E-state index in [1.807, 2.05) is 25.1 Å². The van der Waals surface area contributed by atoms with Crippen LogP contribution < -0.4 is 20.1 Å². The maximum atomic E-state index is 5.59. The summed E-state index contributed by atoms with van der Waals surface area (Å²) in [5.41, 5.74) is 2.25. The molecule has 0 saturated carbocycles. The van der Waals surface area contributed by atoms with Gasteiger partial charge in [0.25, 0.3) is 0 Å². The molecular formula is C18H24N4O2. The third kappa shape index (κ3) is 5.46. The maximum absolute atomic E-state index is 5.59. The minimum atomic E-state index is 0.528. The molecule has 6 nitrogen and oxygen atoms in total. The lowest BCUT2D eigenvalue weighted by Crippen LogP contribution is -2.38. The zero-order chi connectivity index (χ0) is 17.2. The second kappa shape index (κ2) is 9.39. The van der Waals surface area contributed by atoms with Crippen molar-refractivity contribution >= 4 is 5.96 Å². The Kier molecular flexibility index (Phi) is 6.89. The Morgan fingerprint density at radius 3 is 2.83 bits per heavy atom. The summed E-state index contributed by atoms with van der Waals surface area (Å²) in [6, 6.07) is 9.87. The van der Waals surface area contributed by atoms with Crippen LogP contribution in [0.3, 0.4) is 0 Å². The summed E-state index contributed by atoms with van der Waals surface area (Å²) in [6.45, 7) is 3.84.